The maximum atomic E-state index is 11.6. The number of carbonyl (C=O) groups excluding carboxylic acids is 1. The first kappa shape index (κ1) is 12.7. The summed E-state index contributed by atoms with van der Waals surface area (Å²) in [7, 11) is 0. The van der Waals surface area contributed by atoms with Crippen LogP contribution >= 0.6 is 0 Å². The number of likely N-dealkylation sites (tertiary alicyclic amines) is 1. The van der Waals surface area contributed by atoms with E-state index in [1.165, 1.54) is 6.08 Å². The summed E-state index contributed by atoms with van der Waals surface area (Å²) in [4.78, 5) is 23.6. The monoisotopic (exact) mass is 226 g/mol. The maximum absolute atomic E-state index is 11.6. The van der Waals surface area contributed by atoms with E-state index in [-0.39, 0.29) is 5.91 Å². The predicted octanol–water partition coefficient (Wildman–Crippen LogP) is 0.229. The average Bonchev–Trinajstić information content (AvgIpc) is 2.75. The normalized spacial score (nSPS) is 15.9. The van der Waals surface area contributed by atoms with Crippen LogP contribution in [0, 0.1) is 0 Å². The van der Waals surface area contributed by atoms with Crippen molar-refractivity contribution in [3.05, 3.63) is 12.2 Å². The minimum Gasteiger partial charge on any atom is -0.478 e. The zero-order valence-electron chi connectivity index (χ0n) is 9.32. The van der Waals surface area contributed by atoms with Crippen molar-refractivity contribution in [1.29, 1.82) is 0 Å². The van der Waals surface area contributed by atoms with Gasteiger partial charge in [0.25, 0.3) is 0 Å². The highest BCUT2D eigenvalue weighted by atomic mass is 16.4. The number of rotatable bonds is 6. The van der Waals surface area contributed by atoms with Crippen LogP contribution < -0.4 is 5.32 Å². The average molecular weight is 226 g/mol. The Balaban J connectivity index is 2.02. The van der Waals surface area contributed by atoms with Gasteiger partial charge in [0.1, 0.15) is 0 Å². The molecule has 2 N–H and O–H groups in total. The van der Waals surface area contributed by atoms with Gasteiger partial charge in [0.15, 0.2) is 0 Å². The van der Waals surface area contributed by atoms with E-state index in [0.717, 1.165) is 32.0 Å². The second-order valence-electron chi connectivity index (χ2n) is 3.78. The highest BCUT2D eigenvalue weighted by molar-refractivity contribution is 5.79. The number of hydrogen-bond acceptors (Lipinski definition) is 3. The number of amides is 1. The number of aliphatic carboxylic acids is 1. The van der Waals surface area contributed by atoms with E-state index >= 15 is 0 Å². The molecule has 0 aromatic rings. The number of nitrogens with one attached hydrogen (secondary N) is 1. The van der Waals surface area contributed by atoms with Gasteiger partial charge < -0.3 is 15.3 Å². The fourth-order valence-electron chi connectivity index (χ4n) is 1.67. The van der Waals surface area contributed by atoms with Gasteiger partial charge in [-0.05, 0) is 12.8 Å². The summed E-state index contributed by atoms with van der Waals surface area (Å²) >= 11 is 0. The molecule has 1 aliphatic heterocycles. The summed E-state index contributed by atoms with van der Waals surface area (Å²) in [5.74, 6) is -0.762. The molecule has 1 saturated heterocycles. The summed E-state index contributed by atoms with van der Waals surface area (Å²) < 4.78 is 0. The van der Waals surface area contributed by atoms with Crippen molar-refractivity contribution in [2.75, 3.05) is 26.2 Å². The van der Waals surface area contributed by atoms with Crippen molar-refractivity contribution in [3.63, 3.8) is 0 Å². The molecular weight excluding hydrogens is 208 g/mol. The number of nitrogens with zero attached hydrogens (tertiary/aromatic N) is 1. The molecule has 16 heavy (non-hydrogen) atoms. The molecule has 0 radical (unpaired) electrons. The van der Waals surface area contributed by atoms with E-state index in [1.54, 1.807) is 0 Å². The molecule has 90 valence electrons. The van der Waals surface area contributed by atoms with Gasteiger partial charge in [-0.25, -0.2) is 4.79 Å². The molecule has 0 aromatic heterocycles. The van der Waals surface area contributed by atoms with E-state index in [4.69, 9.17) is 5.11 Å². The quantitative estimate of drug-likeness (QED) is 0.502. The smallest absolute Gasteiger partial charge is 0.328 e. The second kappa shape index (κ2) is 7.00. The third kappa shape index (κ3) is 4.93. The van der Waals surface area contributed by atoms with Gasteiger partial charge in [-0.1, -0.05) is 6.08 Å². The van der Waals surface area contributed by atoms with Crippen LogP contribution in [-0.2, 0) is 9.59 Å². The summed E-state index contributed by atoms with van der Waals surface area (Å²) in [6.07, 6.45) is 5.33. The number of carboxylic acid groups (broad SMARTS) is 1. The van der Waals surface area contributed by atoms with Gasteiger partial charge >= 0.3 is 5.97 Å². The van der Waals surface area contributed by atoms with Crippen LogP contribution in [0.4, 0.5) is 0 Å². The summed E-state index contributed by atoms with van der Waals surface area (Å²) in [5, 5.41) is 11.3. The molecule has 1 fully saturated rings. The highest BCUT2D eigenvalue weighted by Gasteiger charge is 2.16. The summed E-state index contributed by atoms with van der Waals surface area (Å²) in [5.41, 5.74) is 0. The zero-order chi connectivity index (χ0) is 11.8. The van der Waals surface area contributed by atoms with Crippen LogP contribution in [0.3, 0.4) is 0 Å². The van der Waals surface area contributed by atoms with Crippen molar-refractivity contribution >= 4 is 11.9 Å². The van der Waals surface area contributed by atoms with Gasteiger partial charge in [-0.2, -0.15) is 0 Å². The first-order valence-corrected chi connectivity index (χ1v) is 5.58. The molecule has 0 spiro atoms. The maximum Gasteiger partial charge on any atom is 0.328 e. The van der Waals surface area contributed by atoms with Crippen LogP contribution in [0.2, 0.25) is 0 Å². The standard InChI is InChI=1S/C11H18N2O3/c14-10(13-8-1-2-9-13)5-7-12-6-3-4-11(15)16/h3-4,12H,1-2,5-9H2,(H,15,16)/b4-3+. The molecule has 0 aromatic carbocycles. The molecule has 0 saturated carbocycles. The topological polar surface area (TPSA) is 69.6 Å². The van der Waals surface area contributed by atoms with E-state index < -0.39 is 5.97 Å². The summed E-state index contributed by atoms with van der Waals surface area (Å²) in [6.45, 7) is 2.86. The Morgan fingerprint density at radius 2 is 2.00 bits per heavy atom. The Hall–Kier alpha value is -1.36. The van der Waals surface area contributed by atoms with Crippen molar-refractivity contribution in [2.24, 2.45) is 0 Å². The molecule has 1 amide bonds. The van der Waals surface area contributed by atoms with Crippen molar-refractivity contribution in [1.82, 2.24) is 10.2 Å². The number of carbonyl (C=O) groups is 2. The van der Waals surface area contributed by atoms with Crippen LogP contribution in [0.15, 0.2) is 12.2 Å². The molecule has 0 bridgehead atoms. The fraction of sp³-hybridized carbons (Fsp3) is 0.636. The number of carboxylic acids is 1. The van der Waals surface area contributed by atoms with Crippen molar-refractivity contribution in [3.8, 4) is 0 Å². The molecule has 0 unspecified atom stereocenters. The molecule has 5 heteroatoms. The predicted molar refractivity (Wildman–Crippen MR) is 60.1 cm³/mol. The molecule has 5 nitrogen and oxygen atoms in total. The minimum absolute atomic E-state index is 0.187. The molecular formula is C11H18N2O3. The van der Waals surface area contributed by atoms with Crippen molar-refractivity contribution < 1.29 is 14.7 Å². The lowest BCUT2D eigenvalue weighted by molar-refractivity contribution is -0.131. The highest BCUT2D eigenvalue weighted by Crippen LogP contribution is 2.08. The largest absolute Gasteiger partial charge is 0.478 e. The molecule has 0 aliphatic carbocycles. The lowest BCUT2D eigenvalue weighted by Crippen LogP contribution is -2.30. The van der Waals surface area contributed by atoms with Crippen LogP contribution in [0.5, 0.6) is 0 Å². The van der Waals surface area contributed by atoms with E-state index in [2.05, 4.69) is 5.32 Å². The van der Waals surface area contributed by atoms with Gasteiger partial charge in [0.05, 0.1) is 0 Å². The van der Waals surface area contributed by atoms with Gasteiger partial charge in [0, 0.05) is 38.7 Å². The van der Waals surface area contributed by atoms with E-state index in [0.29, 0.717) is 19.5 Å². The van der Waals surface area contributed by atoms with E-state index in [1.807, 2.05) is 4.90 Å². The van der Waals surface area contributed by atoms with Crippen LogP contribution in [0.1, 0.15) is 19.3 Å². The first-order valence-electron chi connectivity index (χ1n) is 5.58. The third-order valence-electron chi connectivity index (χ3n) is 2.50. The molecule has 1 rings (SSSR count). The molecule has 0 atom stereocenters. The third-order valence-corrected chi connectivity index (χ3v) is 2.50. The minimum atomic E-state index is -0.949. The Morgan fingerprint density at radius 3 is 2.62 bits per heavy atom. The van der Waals surface area contributed by atoms with Crippen LogP contribution in [-0.4, -0.2) is 48.1 Å². The lowest BCUT2D eigenvalue weighted by atomic mass is 10.3. The zero-order valence-corrected chi connectivity index (χ0v) is 9.32. The Kier molecular flexibility index (Phi) is 5.56. The molecule has 1 aliphatic rings. The van der Waals surface area contributed by atoms with Gasteiger partial charge in [-0.3, -0.25) is 4.79 Å². The molecule has 1 heterocycles. The van der Waals surface area contributed by atoms with Crippen LogP contribution in [0.25, 0.3) is 0 Å². The van der Waals surface area contributed by atoms with E-state index in [9.17, 15) is 9.59 Å². The van der Waals surface area contributed by atoms with Gasteiger partial charge in [0.2, 0.25) is 5.91 Å². The first-order chi connectivity index (χ1) is 7.70. The fourth-order valence-corrected chi connectivity index (χ4v) is 1.67. The Labute approximate surface area is 95.1 Å². The van der Waals surface area contributed by atoms with Gasteiger partial charge in [-0.15, -0.1) is 0 Å². The Bertz CT molecular complexity index is 270. The second-order valence-corrected chi connectivity index (χ2v) is 3.78. The number of hydrogen-bond donors (Lipinski definition) is 2. The van der Waals surface area contributed by atoms with Crippen molar-refractivity contribution in [2.45, 2.75) is 19.3 Å². The SMILES string of the molecule is O=C(O)/C=C/CNCCC(=O)N1CCCC1. The Morgan fingerprint density at radius 1 is 1.31 bits per heavy atom. The lowest BCUT2D eigenvalue weighted by Gasteiger charge is -2.14. The summed E-state index contributed by atoms with van der Waals surface area (Å²) in [6, 6.07) is 0.